The summed E-state index contributed by atoms with van der Waals surface area (Å²) >= 11 is 7.85. The van der Waals surface area contributed by atoms with Gasteiger partial charge in [0.2, 0.25) is 0 Å². The van der Waals surface area contributed by atoms with Crippen molar-refractivity contribution in [3.63, 3.8) is 0 Å². The van der Waals surface area contributed by atoms with Gasteiger partial charge in [-0.05, 0) is 19.0 Å². The molecule has 1 aromatic carbocycles. The van der Waals surface area contributed by atoms with Crippen LogP contribution in [0, 0.1) is 0 Å². The number of rotatable bonds is 6. The van der Waals surface area contributed by atoms with Crippen LogP contribution in [0.15, 0.2) is 41.9 Å². The largest absolute Gasteiger partial charge is 0.396 e. The van der Waals surface area contributed by atoms with Crippen LogP contribution >= 0.6 is 22.9 Å². The maximum Gasteiger partial charge on any atom is 0.195 e. The lowest BCUT2D eigenvalue weighted by Crippen LogP contribution is -2.25. The van der Waals surface area contributed by atoms with Crippen molar-refractivity contribution in [2.24, 2.45) is 0 Å². The quantitative estimate of drug-likeness (QED) is 0.748. The molecule has 0 spiro atoms. The van der Waals surface area contributed by atoms with Gasteiger partial charge in [0.25, 0.3) is 0 Å². The molecule has 0 aliphatic heterocycles. The van der Waals surface area contributed by atoms with Crippen LogP contribution in [0.2, 0.25) is 5.15 Å². The Morgan fingerprint density at radius 1 is 1.36 bits per heavy atom. The van der Waals surface area contributed by atoms with Crippen LogP contribution in [-0.4, -0.2) is 33.0 Å². The zero-order chi connectivity index (χ0) is 15.5. The molecule has 1 N–H and O–H groups in total. The van der Waals surface area contributed by atoms with Gasteiger partial charge in [-0.15, -0.1) is 11.3 Å². The third kappa shape index (κ3) is 3.03. The van der Waals surface area contributed by atoms with Gasteiger partial charge < -0.3 is 5.11 Å². The molecule has 0 saturated heterocycles. The molecular weight excluding hydrogens is 318 g/mol. The minimum absolute atomic E-state index is 0.145. The standard InChI is InChI=1S/C16H18ClN3OS/c1-19(13(7-9-21)12-5-3-2-4-6-12)11-14-15(17)18-16-20(14)8-10-22-16/h2-6,8,10,13,21H,7,9,11H2,1H3. The van der Waals surface area contributed by atoms with Crippen LogP contribution in [0.4, 0.5) is 0 Å². The van der Waals surface area contributed by atoms with Crippen LogP contribution in [0.5, 0.6) is 0 Å². The fraction of sp³-hybridized carbons (Fsp3) is 0.312. The number of imidazole rings is 1. The Kier molecular flexibility index (Phi) is 4.78. The van der Waals surface area contributed by atoms with Crippen molar-refractivity contribution in [1.29, 1.82) is 0 Å². The SMILES string of the molecule is CN(Cc1c(Cl)nc2sccn12)C(CCO)c1ccccc1. The second-order valence-electron chi connectivity index (χ2n) is 5.26. The van der Waals surface area contributed by atoms with Gasteiger partial charge >= 0.3 is 0 Å². The van der Waals surface area contributed by atoms with Gasteiger partial charge in [-0.3, -0.25) is 9.30 Å². The lowest BCUT2D eigenvalue weighted by molar-refractivity contribution is 0.178. The van der Waals surface area contributed by atoms with E-state index in [0.717, 1.165) is 10.7 Å². The minimum atomic E-state index is 0.145. The molecule has 0 bridgehead atoms. The highest BCUT2D eigenvalue weighted by Crippen LogP contribution is 2.28. The van der Waals surface area contributed by atoms with Crippen molar-refractivity contribution in [1.82, 2.24) is 14.3 Å². The molecule has 6 heteroatoms. The van der Waals surface area contributed by atoms with E-state index >= 15 is 0 Å². The van der Waals surface area contributed by atoms with E-state index in [0.29, 0.717) is 18.1 Å². The van der Waals surface area contributed by atoms with Gasteiger partial charge in [-0.25, -0.2) is 4.98 Å². The number of benzene rings is 1. The van der Waals surface area contributed by atoms with E-state index in [2.05, 4.69) is 29.1 Å². The maximum absolute atomic E-state index is 9.40. The van der Waals surface area contributed by atoms with E-state index in [4.69, 9.17) is 11.6 Å². The average molecular weight is 336 g/mol. The molecular formula is C16H18ClN3OS. The number of aliphatic hydroxyl groups is 1. The molecule has 0 saturated carbocycles. The first kappa shape index (κ1) is 15.5. The Labute approximate surface area is 138 Å². The monoisotopic (exact) mass is 335 g/mol. The second-order valence-corrected chi connectivity index (χ2v) is 6.49. The van der Waals surface area contributed by atoms with Crippen molar-refractivity contribution >= 4 is 27.9 Å². The molecule has 116 valence electrons. The Morgan fingerprint density at radius 3 is 2.86 bits per heavy atom. The smallest absolute Gasteiger partial charge is 0.195 e. The summed E-state index contributed by atoms with van der Waals surface area (Å²) in [5.74, 6) is 0. The first-order valence-corrected chi connectivity index (χ1v) is 8.42. The Balaban J connectivity index is 1.86. The van der Waals surface area contributed by atoms with Gasteiger partial charge in [-0.2, -0.15) is 0 Å². The Bertz CT molecular complexity index is 740. The Hall–Kier alpha value is -1.40. The van der Waals surface area contributed by atoms with Crippen LogP contribution in [-0.2, 0) is 6.54 Å². The molecule has 0 radical (unpaired) electrons. The molecule has 4 nitrogen and oxygen atoms in total. The van der Waals surface area contributed by atoms with Gasteiger partial charge in [0.15, 0.2) is 10.1 Å². The molecule has 2 aromatic heterocycles. The molecule has 2 heterocycles. The summed E-state index contributed by atoms with van der Waals surface area (Å²) in [6.45, 7) is 0.828. The molecule has 0 fully saturated rings. The van der Waals surface area contributed by atoms with Crippen molar-refractivity contribution in [2.45, 2.75) is 19.0 Å². The minimum Gasteiger partial charge on any atom is -0.396 e. The van der Waals surface area contributed by atoms with Crippen LogP contribution in [0.3, 0.4) is 0 Å². The highest BCUT2D eigenvalue weighted by Gasteiger charge is 2.20. The number of fused-ring (bicyclic) bond motifs is 1. The Morgan fingerprint density at radius 2 is 2.14 bits per heavy atom. The van der Waals surface area contributed by atoms with Crippen LogP contribution in [0.25, 0.3) is 4.96 Å². The molecule has 3 aromatic rings. The summed E-state index contributed by atoms with van der Waals surface area (Å²) in [5.41, 5.74) is 2.18. The summed E-state index contributed by atoms with van der Waals surface area (Å²) in [6.07, 6.45) is 2.68. The zero-order valence-electron chi connectivity index (χ0n) is 12.3. The summed E-state index contributed by atoms with van der Waals surface area (Å²) < 4.78 is 2.03. The van der Waals surface area contributed by atoms with Crippen molar-refractivity contribution in [3.8, 4) is 0 Å². The first-order valence-electron chi connectivity index (χ1n) is 7.16. The van der Waals surface area contributed by atoms with E-state index in [1.54, 1.807) is 11.3 Å². The highest BCUT2D eigenvalue weighted by molar-refractivity contribution is 7.15. The fourth-order valence-electron chi connectivity index (χ4n) is 2.73. The predicted molar refractivity (Wildman–Crippen MR) is 90.4 cm³/mol. The lowest BCUT2D eigenvalue weighted by atomic mass is 10.0. The summed E-state index contributed by atoms with van der Waals surface area (Å²) in [7, 11) is 2.05. The number of thiazole rings is 1. The number of hydrogen-bond acceptors (Lipinski definition) is 4. The number of aromatic nitrogens is 2. The number of nitrogens with zero attached hydrogens (tertiary/aromatic N) is 3. The van der Waals surface area contributed by atoms with E-state index < -0.39 is 0 Å². The van der Waals surface area contributed by atoms with E-state index in [1.165, 1.54) is 5.56 Å². The predicted octanol–water partition coefficient (Wildman–Crippen LogP) is 3.60. The van der Waals surface area contributed by atoms with Crippen molar-refractivity contribution in [3.05, 3.63) is 58.3 Å². The molecule has 1 unspecified atom stereocenters. The normalized spacial score (nSPS) is 13.1. The average Bonchev–Trinajstić information content (AvgIpc) is 3.08. The van der Waals surface area contributed by atoms with E-state index in [1.807, 2.05) is 34.2 Å². The van der Waals surface area contributed by atoms with E-state index in [9.17, 15) is 5.11 Å². The fourth-order valence-corrected chi connectivity index (χ4v) is 3.75. The van der Waals surface area contributed by atoms with E-state index in [-0.39, 0.29) is 12.6 Å². The molecule has 22 heavy (non-hydrogen) atoms. The van der Waals surface area contributed by atoms with Crippen molar-refractivity contribution < 1.29 is 5.11 Å². The highest BCUT2D eigenvalue weighted by atomic mass is 35.5. The third-order valence-electron chi connectivity index (χ3n) is 3.83. The van der Waals surface area contributed by atoms with Gasteiger partial charge in [0.05, 0.1) is 5.69 Å². The molecule has 0 aliphatic rings. The summed E-state index contributed by atoms with van der Waals surface area (Å²) in [4.78, 5) is 7.49. The van der Waals surface area contributed by atoms with Crippen LogP contribution in [0.1, 0.15) is 23.7 Å². The topological polar surface area (TPSA) is 40.8 Å². The lowest BCUT2D eigenvalue weighted by Gasteiger charge is -2.28. The van der Waals surface area contributed by atoms with Gasteiger partial charge in [0, 0.05) is 30.8 Å². The van der Waals surface area contributed by atoms with Gasteiger partial charge in [-0.1, -0.05) is 41.9 Å². The second kappa shape index (κ2) is 6.79. The van der Waals surface area contributed by atoms with Crippen LogP contribution < -0.4 is 0 Å². The first-order chi connectivity index (χ1) is 10.7. The third-order valence-corrected chi connectivity index (χ3v) is 4.89. The number of hydrogen-bond donors (Lipinski definition) is 1. The molecule has 1 atom stereocenters. The molecule has 0 aliphatic carbocycles. The summed E-state index contributed by atoms with van der Waals surface area (Å²) in [6, 6.07) is 10.4. The number of halogens is 1. The summed E-state index contributed by atoms with van der Waals surface area (Å²) in [5, 5.41) is 12.0. The molecule has 0 amide bonds. The van der Waals surface area contributed by atoms with Gasteiger partial charge in [0.1, 0.15) is 0 Å². The maximum atomic E-state index is 9.40. The molecule has 3 rings (SSSR count). The number of aliphatic hydroxyl groups excluding tert-OH is 1. The van der Waals surface area contributed by atoms with Crippen molar-refractivity contribution in [2.75, 3.05) is 13.7 Å². The zero-order valence-corrected chi connectivity index (χ0v) is 13.9.